The maximum atomic E-state index is 12.3. The van der Waals surface area contributed by atoms with Crippen molar-refractivity contribution in [1.82, 2.24) is 5.32 Å². The summed E-state index contributed by atoms with van der Waals surface area (Å²) in [7, 11) is 0. The molecular weight excluding hydrogens is 280 g/mol. The number of fused-ring (bicyclic) bond motifs is 1. The first-order valence-corrected chi connectivity index (χ1v) is 7.31. The van der Waals surface area contributed by atoms with E-state index in [1.54, 1.807) is 30.2 Å². The van der Waals surface area contributed by atoms with Gasteiger partial charge in [0.1, 0.15) is 5.76 Å². The largest absolute Gasteiger partial charge is 0.467 e. The Morgan fingerprint density at radius 3 is 2.82 bits per heavy atom. The quantitative estimate of drug-likeness (QED) is 0.947. The third-order valence-corrected chi connectivity index (χ3v) is 3.93. The highest BCUT2D eigenvalue weighted by Crippen LogP contribution is 2.29. The minimum Gasteiger partial charge on any atom is -0.467 e. The fourth-order valence-electron chi connectivity index (χ4n) is 2.76. The van der Waals surface area contributed by atoms with Crippen LogP contribution in [0.25, 0.3) is 0 Å². The SMILES string of the molecule is CC(=O)N1CCc2cc(C(=O)NC(C)c3ccco3)ccc21. The van der Waals surface area contributed by atoms with Crippen LogP contribution in [-0.4, -0.2) is 18.4 Å². The lowest BCUT2D eigenvalue weighted by Gasteiger charge is -2.15. The Hall–Kier alpha value is -2.56. The van der Waals surface area contributed by atoms with E-state index in [2.05, 4.69) is 5.32 Å². The van der Waals surface area contributed by atoms with Gasteiger partial charge in [-0.15, -0.1) is 0 Å². The third-order valence-electron chi connectivity index (χ3n) is 3.93. The molecule has 0 spiro atoms. The lowest BCUT2D eigenvalue weighted by molar-refractivity contribution is -0.116. The minimum absolute atomic E-state index is 0.0300. The normalized spacial score (nSPS) is 14.5. The number of rotatable bonds is 3. The zero-order valence-electron chi connectivity index (χ0n) is 12.6. The summed E-state index contributed by atoms with van der Waals surface area (Å²) in [5, 5.41) is 2.91. The molecule has 5 nitrogen and oxygen atoms in total. The Morgan fingerprint density at radius 1 is 1.32 bits per heavy atom. The summed E-state index contributed by atoms with van der Waals surface area (Å²) in [6, 6.07) is 8.90. The molecule has 2 heterocycles. The van der Waals surface area contributed by atoms with Gasteiger partial charge in [-0.3, -0.25) is 9.59 Å². The molecule has 0 saturated carbocycles. The van der Waals surface area contributed by atoms with E-state index in [0.29, 0.717) is 12.1 Å². The van der Waals surface area contributed by atoms with Gasteiger partial charge in [0.15, 0.2) is 0 Å². The molecule has 1 aliphatic heterocycles. The maximum Gasteiger partial charge on any atom is 0.251 e. The van der Waals surface area contributed by atoms with E-state index in [9.17, 15) is 9.59 Å². The van der Waals surface area contributed by atoms with E-state index in [0.717, 1.165) is 23.4 Å². The van der Waals surface area contributed by atoms with Crippen LogP contribution in [0.2, 0.25) is 0 Å². The minimum atomic E-state index is -0.190. The van der Waals surface area contributed by atoms with Gasteiger partial charge in [0.05, 0.1) is 12.3 Å². The molecule has 2 aromatic rings. The van der Waals surface area contributed by atoms with Gasteiger partial charge < -0.3 is 14.6 Å². The first-order chi connectivity index (χ1) is 10.6. The number of benzene rings is 1. The fraction of sp³-hybridized carbons (Fsp3) is 0.294. The predicted octanol–water partition coefficient (Wildman–Crippen LogP) is 2.68. The standard InChI is InChI=1S/C17H18N2O3/c1-11(16-4-3-9-22-16)18-17(21)14-5-6-15-13(10-14)7-8-19(15)12(2)20/h3-6,9-11H,7-8H2,1-2H3,(H,18,21). The molecule has 0 radical (unpaired) electrons. The van der Waals surface area contributed by atoms with Crippen LogP contribution in [-0.2, 0) is 11.2 Å². The Bertz CT molecular complexity index is 707. The average molecular weight is 298 g/mol. The monoisotopic (exact) mass is 298 g/mol. The van der Waals surface area contributed by atoms with Gasteiger partial charge in [0.2, 0.25) is 5.91 Å². The van der Waals surface area contributed by atoms with Gasteiger partial charge in [-0.25, -0.2) is 0 Å². The second kappa shape index (κ2) is 5.67. The van der Waals surface area contributed by atoms with Crippen LogP contribution in [0, 0.1) is 0 Å². The van der Waals surface area contributed by atoms with E-state index in [-0.39, 0.29) is 17.9 Å². The van der Waals surface area contributed by atoms with Crippen LogP contribution in [0.4, 0.5) is 5.69 Å². The van der Waals surface area contributed by atoms with Crippen LogP contribution in [0.3, 0.4) is 0 Å². The van der Waals surface area contributed by atoms with Crippen molar-refractivity contribution >= 4 is 17.5 Å². The second-order valence-electron chi connectivity index (χ2n) is 5.47. The predicted molar refractivity (Wildman–Crippen MR) is 82.8 cm³/mol. The number of hydrogen-bond donors (Lipinski definition) is 1. The molecule has 1 N–H and O–H groups in total. The van der Waals surface area contributed by atoms with E-state index in [1.807, 2.05) is 25.1 Å². The lowest BCUT2D eigenvalue weighted by atomic mass is 10.1. The molecule has 3 rings (SSSR count). The van der Waals surface area contributed by atoms with Gasteiger partial charge in [-0.05, 0) is 49.2 Å². The summed E-state index contributed by atoms with van der Waals surface area (Å²) in [5.41, 5.74) is 2.54. The number of carbonyl (C=O) groups excluding carboxylic acids is 2. The Balaban J connectivity index is 1.76. The van der Waals surface area contributed by atoms with Crippen molar-refractivity contribution in [2.24, 2.45) is 0 Å². The van der Waals surface area contributed by atoms with Crippen molar-refractivity contribution in [3.8, 4) is 0 Å². The summed E-state index contributed by atoms with van der Waals surface area (Å²) in [5.74, 6) is 0.604. The van der Waals surface area contributed by atoms with Crippen LogP contribution in [0.15, 0.2) is 41.0 Å². The fourth-order valence-corrected chi connectivity index (χ4v) is 2.76. The highest BCUT2D eigenvalue weighted by Gasteiger charge is 2.23. The molecule has 1 aliphatic rings. The molecule has 0 aliphatic carbocycles. The van der Waals surface area contributed by atoms with Crippen LogP contribution in [0.1, 0.15) is 41.6 Å². The highest BCUT2D eigenvalue weighted by atomic mass is 16.3. The topological polar surface area (TPSA) is 62.6 Å². The van der Waals surface area contributed by atoms with Gasteiger partial charge in [0.25, 0.3) is 5.91 Å². The van der Waals surface area contributed by atoms with Crippen LogP contribution >= 0.6 is 0 Å². The highest BCUT2D eigenvalue weighted by molar-refractivity contribution is 5.98. The Kier molecular flexibility index (Phi) is 3.71. The smallest absolute Gasteiger partial charge is 0.251 e. The summed E-state index contributed by atoms with van der Waals surface area (Å²) in [6.07, 6.45) is 2.37. The van der Waals surface area contributed by atoms with Gasteiger partial charge >= 0.3 is 0 Å². The van der Waals surface area contributed by atoms with Crippen molar-refractivity contribution in [2.75, 3.05) is 11.4 Å². The number of anilines is 1. The molecular formula is C17H18N2O3. The van der Waals surface area contributed by atoms with Crippen LogP contribution < -0.4 is 10.2 Å². The third kappa shape index (κ3) is 2.62. The number of nitrogens with one attached hydrogen (secondary N) is 1. The molecule has 0 bridgehead atoms. The van der Waals surface area contributed by atoms with Gasteiger partial charge in [-0.1, -0.05) is 0 Å². The van der Waals surface area contributed by atoms with E-state index in [1.165, 1.54) is 0 Å². The second-order valence-corrected chi connectivity index (χ2v) is 5.47. The number of hydrogen-bond acceptors (Lipinski definition) is 3. The summed E-state index contributed by atoms with van der Waals surface area (Å²) >= 11 is 0. The molecule has 0 fully saturated rings. The zero-order valence-corrected chi connectivity index (χ0v) is 12.6. The Morgan fingerprint density at radius 2 is 2.14 bits per heavy atom. The van der Waals surface area contributed by atoms with Crippen molar-refractivity contribution in [2.45, 2.75) is 26.3 Å². The van der Waals surface area contributed by atoms with E-state index >= 15 is 0 Å². The summed E-state index contributed by atoms with van der Waals surface area (Å²) in [4.78, 5) is 25.6. The number of nitrogens with zero attached hydrogens (tertiary/aromatic N) is 1. The van der Waals surface area contributed by atoms with Crippen LogP contribution in [0.5, 0.6) is 0 Å². The number of furan rings is 1. The van der Waals surface area contributed by atoms with E-state index < -0.39 is 0 Å². The van der Waals surface area contributed by atoms with Crippen molar-refractivity contribution in [1.29, 1.82) is 0 Å². The molecule has 0 saturated heterocycles. The first kappa shape index (κ1) is 14.4. The van der Waals surface area contributed by atoms with Gasteiger partial charge in [-0.2, -0.15) is 0 Å². The lowest BCUT2D eigenvalue weighted by Crippen LogP contribution is -2.27. The molecule has 1 aromatic heterocycles. The van der Waals surface area contributed by atoms with Crippen molar-refractivity contribution in [3.63, 3.8) is 0 Å². The first-order valence-electron chi connectivity index (χ1n) is 7.31. The summed E-state index contributed by atoms with van der Waals surface area (Å²) < 4.78 is 5.29. The average Bonchev–Trinajstić information content (AvgIpc) is 3.15. The summed E-state index contributed by atoms with van der Waals surface area (Å²) in [6.45, 7) is 4.11. The molecule has 5 heteroatoms. The molecule has 1 aromatic carbocycles. The molecule has 114 valence electrons. The molecule has 1 unspecified atom stereocenters. The Labute approximate surface area is 128 Å². The molecule has 22 heavy (non-hydrogen) atoms. The van der Waals surface area contributed by atoms with Crippen molar-refractivity contribution < 1.29 is 14.0 Å². The van der Waals surface area contributed by atoms with E-state index in [4.69, 9.17) is 4.42 Å². The van der Waals surface area contributed by atoms with Crippen molar-refractivity contribution in [3.05, 3.63) is 53.5 Å². The molecule has 2 amide bonds. The molecule has 1 atom stereocenters. The number of carbonyl (C=O) groups is 2. The number of amides is 2. The van der Waals surface area contributed by atoms with Gasteiger partial charge in [0, 0.05) is 24.7 Å². The zero-order chi connectivity index (χ0) is 15.7. The maximum absolute atomic E-state index is 12.3.